The van der Waals surface area contributed by atoms with Crippen LogP contribution in [0.5, 0.6) is 0 Å². The summed E-state index contributed by atoms with van der Waals surface area (Å²) in [6, 6.07) is 0. The number of hydrogen-bond acceptors (Lipinski definition) is 2. The number of ether oxygens (including phenoxy) is 1. The first-order valence-corrected chi connectivity index (χ1v) is 6.83. The topological polar surface area (TPSA) is 26.3 Å². The van der Waals surface area contributed by atoms with Gasteiger partial charge in [-0.1, -0.05) is 6.58 Å². The third-order valence-corrected chi connectivity index (χ3v) is 3.25. The maximum atomic E-state index is 13.4. The lowest BCUT2D eigenvalue weighted by atomic mass is 9.91. The van der Waals surface area contributed by atoms with E-state index in [2.05, 4.69) is 11.3 Å². The summed E-state index contributed by atoms with van der Waals surface area (Å²) < 4.78 is 172. The van der Waals surface area contributed by atoms with Crippen LogP contribution in [0.2, 0.25) is 0 Å². The molecule has 1 unspecified atom stereocenters. The Morgan fingerprint density at radius 1 is 0.821 bits per heavy atom. The van der Waals surface area contributed by atoms with Gasteiger partial charge in [-0.05, 0) is 6.92 Å². The first-order chi connectivity index (χ1) is 12.2. The molecular formula is C13H11F13O2. The molecule has 1 atom stereocenters. The third-order valence-electron chi connectivity index (χ3n) is 3.25. The van der Waals surface area contributed by atoms with Crippen molar-refractivity contribution >= 4 is 5.97 Å². The monoisotopic (exact) mass is 446 g/mol. The first kappa shape index (κ1) is 26.3. The normalized spacial score (nSPS) is 15.5. The van der Waals surface area contributed by atoms with Gasteiger partial charge in [0.15, 0.2) is 6.17 Å². The lowest BCUT2D eigenvalue weighted by molar-refractivity contribution is -0.417. The fourth-order valence-electron chi connectivity index (χ4n) is 1.51. The van der Waals surface area contributed by atoms with E-state index >= 15 is 0 Å². The van der Waals surface area contributed by atoms with Gasteiger partial charge in [-0.15, -0.1) is 0 Å². The number of alkyl halides is 13. The SMILES string of the molecule is C=C(C)C(=O)OCCC(F)C(F)(F)C(F)(F)C(F)(F)C(F)(F)C(F)(F)C(F)F. The van der Waals surface area contributed by atoms with Crippen LogP contribution in [0.1, 0.15) is 13.3 Å². The van der Waals surface area contributed by atoms with Crippen LogP contribution >= 0.6 is 0 Å². The van der Waals surface area contributed by atoms with Gasteiger partial charge in [0, 0.05) is 12.0 Å². The van der Waals surface area contributed by atoms with Gasteiger partial charge in [-0.2, -0.15) is 43.9 Å². The van der Waals surface area contributed by atoms with Crippen LogP contribution in [0.25, 0.3) is 0 Å². The molecule has 0 N–H and O–H groups in total. The Morgan fingerprint density at radius 3 is 1.57 bits per heavy atom. The summed E-state index contributed by atoms with van der Waals surface area (Å²) >= 11 is 0. The van der Waals surface area contributed by atoms with E-state index in [1.807, 2.05) is 0 Å². The molecule has 0 fully saturated rings. The van der Waals surface area contributed by atoms with Gasteiger partial charge in [-0.25, -0.2) is 18.0 Å². The standard InChI is InChI=1S/C13H11F13O2/c1-5(2)7(27)28-4-3-6(14)9(17,18)11(21,22)13(25,26)12(23,24)10(19,20)8(15)16/h6,8H,1,3-4H2,2H3. The highest BCUT2D eigenvalue weighted by atomic mass is 19.4. The van der Waals surface area contributed by atoms with Crippen LogP contribution in [0.3, 0.4) is 0 Å². The molecule has 15 heteroatoms. The van der Waals surface area contributed by atoms with Crippen molar-refractivity contribution in [3.8, 4) is 0 Å². The predicted molar refractivity (Wildman–Crippen MR) is 66.0 cm³/mol. The zero-order chi connectivity index (χ0) is 22.9. The van der Waals surface area contributed by atoms with Crippen LogP contribution in [-0.2, 0) is 9.53 Å². The van der Waals surface area contributed by atoms with Crippen molar-refractivity contribution in [2.45, 2.75) is 55.6 Å². The minimum atomic E-state index is -7.80. The van der Waals surface area contributed by atoms with Crippen LogP contribution in [-0.4, -0.2) is 54.8 Å². The number of hydrogen-bond donors (Lipinski definition) is 0. The van der Waals surface area contributed by atoms with Gasteiger partial charge >= 0.3 is 42.0 Å². The number of esters is 1. The molecule has 0 rings (SSSR count). The minimum absolute atomic E-state index is 0.368. The maximum absolute atomic E-state index is 13.4. The molecule has 2 nitrogen and oxygen atoms in total. The van der Waals surface area contributed by atoms with Crippen molar-refractivity contribution in [3.63, 3.8) is 0 Å². The van der Waals surface area contributed by atoms with Crippen molar-refractivity contribution in [1.29, 1.82) is 0 Å². The van der Waals surface area contributed by atoms with Crippen LogP contribution in [0, 0.1) is 0 Å². The van der Waals surface area contributed by atoms with Gasteiger partial charge in [0.1, 0.15) is 0 Å². The Morgan fingerprint density at radius 2 is 1.21 bits per heavy atom. The summed E-state index contributed by atoms with van der Waals surface area (Å²) in [6.45, 7) is 2.57. The van der Waals surface area contributed by atoms with E-state index in [1.165, 1.54) is 0 Å². The Labute approximate surface area is 148 Å². The Balaban J connectivity index is 5.73. The van der Waals surface area contributed by atoms with Crippen molar-refractivity contribution in [3.05, 3.63) is 12.2 Å². The molecule has 0 aromatic rings. The zero-order valence-electron chi connectivity index (χ0n) is 13.5. The summed E-state index contributed by atoms with van der Waals surface area (Å²) in [4.78, 5) is 10.9. The molecule has 0 aliphatic carbocycles. The molecule has 0 spiro atoms. The average molecular weight is 446 g/mol. The summed E-state index contributed by atoms with van der Waals surface area (Å²) in [5.74, 6) is -38.3. The number of carbonyl (C=O) groups excluding carboxylic acids is 1. The van der Waals surface area contributed by atoms with Gasteiger partial charge in [0.05, 0.1) is 6.61 Å². The summed E-state index contributed by atoms with van der Waals surface area (Å²) in [5, 5.41) is 0. The Bertz CT molecular complexity index is 585. The quantitative estimate of drug-likeness (QED) is 0.260. The summed E-state index contributed by atoms with van der Waals surface area (Å²) in [6.07, 6.45) is -12.0. The largest absolute Gasteiger partial charge is 0.462 e. The molecule has 28 heavy (non-hydrogen) atoms. The Hall–Kier alpha value is -1.70. The second kappa shape index (κ2) is 7.97. The first-order valence-electron chi connectivity index (χ1n) is 6.83. The van der Waals surface area contributed by atoms with Gasteiger partial charge < -0.3 is 4.74 Å². The summed E-state index contributed by atoms with van der Waals surface area (Å²) in [5.41, 5.74) is -0.368. The molecule has 0 aliphatic heterocycles. The van der Waals surface area contributed by atoms with E-state index in [0.29, 0.717) is 0 Å². The molecule has 0 amide bonds. The zero-order valence-corrected chi connectivity index (χ0v) is 13.5. The van der Waals surface area contributed by atoms with Crippen molar-refractivity contribution in [1.82, 2.24) is 0 Å². The van der Waals surface area contributed by atoms with Crippen LogP contribution in [0.15, 0.2) is 12.2 Å². The molecule has 0 saturated heterocycles. The average Bonchev–Trinajstić information content (AvgIpc) is 2.53. The molecule has 0 aromatic carbocycles. The molecule has 0 aromatic heterocycles. The van der Waals surface area contributed by atoms with E-state index in [1.54, 1.807) is 0 Å². The smallest absolute Gasteiger partial charge is 0.384 e. The molecule has 0 heterocycles. The number of carbonyl (C=O) groups is 1. The molecular weight excluding hydrogens is 435 g/mol. The fourth-order valence-corrected chi connectivity index (χ4v) is 1.51. The minimum Gasteiger partial charge on any atom is -0.462 e. The van der Waals surface area contributed by atoms with Gasteiger partial charge in [0.25, 0.3) is 0 Å². The number of halogens is 13. The van der Waals surface area contributed by atoms with Crippen LogP contribution < -0.4 is 0 Å². The summed E-state index contributed by atoms with van der Waals surface area (Å²) in [7, 11) is 0. The Kier molecular flexibility index (Phi) is 7.48. The van der Waals surface area contributed by atoms with E-state index < -0.39 is 61.2 Å². The molecule has 166 valence electrons. The lowest BCUT2D eigenvalue weighted by Gasteiger charge is -2.39. The second-order valence-electron chi connectivity index (χ2n) is 5.44. The van der Waals surface area contributed by atoms with Crippen molar-refractivity contribution in [2.24, 2.45) is 0 Å². The van der Waals surface area contributed by atoms with E-state index in [0.717, 1.165) is 6.92 Å². The van der Waals surface area contributed by atoms with E-state index in [-0.39, 0.29) is 5.57 Å². The fraction of sp³-hybridized carbons (Fsp3) is 0.769. The van der Waals surface area contributed by atoms with Crippen molar-refractivity contribution in [2.75, 3.05) is 6.61 Å². The number of rotatable bonds is 10. The molecule has 0 bridgehead atoms. The highest BCUT2D eigenvalue weighted by molar-refractivity contribution is 5.86. The highest BCUT2D eigenvalue weighted by Gasteiger charge is 2.88. The third kappa shape index (κ3) is 4.16. The molecule has 0 saturated carbocycles. The van der Waals surface area contributed by atoms with Crippen molar-refractivity contribution < 1.29 is 66.6 Å². The van der Waals surface area contributed by atoms with E-state index in [4.69, 9.17) is 0 Å². The predicted octanol–water partition coefficient (Wildman–Crippen LogP) is 5.28. The molecule has 0 aliphatic rings. The van der Waals surface area contributed by atoms with Crippen LogP contribution in [0.4, 0.5) is 57.1 Å². The maximum Gasteiger partial charge on any atom is 0.384 e. The van der Waals surface area contributed by atoms with E-state index in [9.17, 15) is 61.9 Å². The highest BCUT2D eigenvalue weighted by Crippen LogP contribution is 2.59. The second-order valence-corrected chi connectivity index (χ2v) is 5.44. The van der Waals surface area contributed by atoms with Gasteiger partial charge in [0.2, 0.25) is 0 Å². The molecule has 0 radical (unpaired) electrons. The lowest BCUT2D eigenvalue weighted by Crippen LogP contribution is -2.70. The van der Waals surface area contributed by atoms with Gasteiger partial charge in [-0.3, -0.25) is 0 Å².